The Bertz CT molecular complexity index is 1360. The number of hydrogen-bond acceptors (Lipinski definition) is 4. The predicted octanol–water partition coefficient (Wildman–Crippen LogP) is 7.63. The van der Waals surface area contributed by atoms with Gasteiger partial charge < -0.3 is 19.5 Å². The minimum absolute atomic E-state index is 0.255. The maximum absolute atomic E-state index is 13.4. The molecule has 1 N–H and O–H groups in total. The van der Waals surface area contributed by atoms with E-state index in [2.05, 4.69) is 17.4 Å². The van der Waals surface area contributed by atoms with Crippen LogP contribution in [-0.4, -0.2) is 18.3 Å². The lowest BCUT2D eigenvalue weighted by Crippen LogP contribution is -2.51. The molecule has 0 aliphatic carbocycles. The summed E-state index contributed by atoms with van der Waals surface area (Å²) in [6.07, 6.45) is -0.0418. The Hall–Kier alpha value is -3.74. The minimum atomic E-state index is -0.673. The van der Waals surface area contributed by atoms with E-state index in [-0.39, 0.29) is 17.7 Å². The topological polar surface area (TPSA) is 39.7 Å². The van der Waals surface area contributed by atoms with Gasteiger partial charge in [-0.1, -0.05) is 54.6 Å². The molecule has 202 valence electrons. The van der Waals surface area contributed by atoms with Crippen LogP contribution in [0.1, 0.15) is 42.2 Å². The Labute approximate surface area is 228 Å². The van der Waals surface area contributed by atoms with E-state index in [4.69, 9.17) is 14.2 Å². The SMILES string of the molecule is CC1(C)Oc2ccc(NCc3ccc(F)cc3)cc2C(OCCc2ccccc2)C1OCc1ccc(F)cc1. The molecule has 1 aliphatic rings. The first-order valence-electron chi connectivity index (χ1n) is 13.2. The highest BCUT2D eigenvalue weighted by Crippen LogP contribution is 2.44. The fourth-order valence-electron chi connectivity index (χ4n) is 4.83. The lowest BCUT2D eigenvalue weighted by molar-refractivity contribution is -0.167. The van der Waals surface area contributed by atoms with Gasteiger partial charge in [-0.15, -0.1) is 0 Å². The summed E-state index contributed by atoms with van der Waals surface area (Å²) in [6, 6.07) is 29.0. The Balaban J connectivity index is 1.38. The molecule has 1 heterocycles. The quantitative estimate of drug-likeness (QED) is 0.229. The largest absolute Gasteiger partial charge is 0.485 e. The van der Waals surface area contributed by atoms with E-state index in [0.717, 1.165) is 34.5 Å². The highest BCUT2D eigenvalue weighted by atomic mass is 19.1. The van der Waals surface area contributed by atoms with Gasteiger partial charge in [0.05, 0.1) is 13.2 Å². The van der Waals surface area contributed by atoms with Crippen molar-refractivity contribution in [2.24, 2.45) is 0 Å². The average molecular weight is 530 g/mol. The Morgan fingerprint density at radius 3 is 2.13 bits per heavy atom. The summed E-state index contributed by atoms with van der Waals surface area (Å²) in [7, 11) is 0. The monoisotopic (exact) mass is 529 g/mol. The van der Waals surface area contributed by atoms with Crippen LogP contribution in [-0.2, 0) is 29.0 Å². The van der Waals surface area contributed by atoms with E-state index < -0.39 is 11.7 Å². The first kappa shape index (κ1) is 26.9. The maximum atomic E-state index is 13.4. The normalized spacial score (nSPS) is 17.7. The lowest BCUT2D eigenvalue weighted by Gasteiger charge is -2.44. The van der Waals surface area contributed by atoms with Crippen LogP contribution in [0.15, 0.2) is 97.1 Å². The van der Waals surface area contributed by atoms with E-state index in [1.54, 1.807) is 24.3 Å². The third-order valence-corrected chi connectivity index (χ3v) is 6.93. The van der Waals surface area contributed by atoms with Gasteiger partial charge >= 0.3 is 0 Å². The molecule has 1 aliphatic heterocycles. The van der Waals surface area contributed by atoms with Crippen LogP contribution in [0.25, 0.3) is 0 Å². The molecule has 39 heavy (non-hydrogen) atoms. The minimum Gasteiger partial charge on any atom is -0.485 e. The smallest absolute Gasteiger partial charge is 0.132 e. The van der Waals surface area contributed by atoms with Gasteiger partial charge in [0, 0.05) is 17.8 Å². The van der Waals surface area contributed by atoms with Gasteiger partial charge in [0.25, 0.3) is 0 Å². The molecule has 4 nitrogen and oxygen atoms in total. The molecular formula is C33H33F2NO3. The number of halogens is 2. The number of anilines is 1. The Morgan fingerprint density at radius 2 is 1.44 bits per heavy atom. The summed E-state index contributed by atoms with van der Waals surface area (Å²) in [5.74, 6) is 0.213. The van der Waals surface area contributed by atoms with Gasteiger partial charge in [-0.2, -0.15) is 0 Å². The highest BCUT2D eigenvalue weighted by Gasteiger charge is 2.45. The zero-order valence-electron chi connectivity index (χ0n) is 22.2. The summed E-state index contributed by atoms with van der Waals surface area (Å²) >= 11 is 0. The fraction of sp³-hybridized carbons (Fsp3) is 0.273. The van der Waals surface area contributed by atoms with E-state index in [9.17, 15) is 8.78 Å². The third kappa shape index (κ3) is 6.83. The first-order valence-corrected chi connectivity index (χ1v) is 13.2. The second kappa shape index (κ2) is 12.0. The van der Waals surface area contributed by atoms with E-state index in [0.29, 0.717) is 19.8 Å². The van der Waals surface area contributed by atoms with Crippen LogP contribution >= 0.6 is 0 Å². The van der Waals surface area contributed by atoms with Crippen molar-refractivity contribution >= 4 is 5.69 Å². The van der Waals surface area contributed by atoms with Crippen LogP contribution in [0.5, 0.6) is 5.75 Å². The zero-order chi connectivity index (χ0) is 27.2. The van der Waals surface area contributed by atoms with E-state index in [1.807, 2.05) is 50.2 Å². The number of ether oxygens (including phenoxy) is 3. The molecule has 0 aromatic heterocycles. The van der Waals surface area contributed by atoms with Crippen LogP contribution in [0.4, 0.5) is 14.5 Å². The number of benzene rings is 4. The molecule has 0 radical (unpaired) electrons. The van der Waals surface area contributed by atoms with Crippen LogP contribution in [0.3, 0.4) is 0 Å². The Kier molecular flexibility index (Phi) is 8.24. The van der Waals surface area contributed by atoms with Gasteiger partial charge in [-0.25, -0.2) is 8.78 Å². The van der Waals surface area contributed by atoms with E-state index in [1.165, 1.54) is 29.8 Å². The number of hydrogen-bond donors (Lipinski definition) is 1. The lowest BCUT2D eigenvalue weighted by atomic mass is 9.87. The molecule has 0 fully saturated rings. The summed E-state index contributed by atoms with van der Waals surface area (Å²) in [6.45, 7) is 5.36. The van der Waals surface area contributed by atoms with Crippen LogP contribution in [0, 0.1) is 11.6 Å². The van der Waals surface area contributed by atoms with E-state index >= 15 is 0 Å². The maximum Gasteiger partial charge on any atom is 0.132 e. The zero-order valence-corrected chi connectivity index (χ0v) is 22.2. The molecule has 6 heteroatoms. The second-order valence-corrected chi connectivity index (χ2v) is 10.3. The molecule has 4 aromatic rings. The summed E-state index contributed by atoms with van der Waals surface area (Å²) in [5.41, 5.74) is 4.17. The first-order chi connectivity index (χ1) is 18.9. The van der Waals surface area contributed by atoms with Gasteiger partial charge in [-0.3, -0.25) is 0 Å². The number of fused-ring (bicyclic) bond motifs is 1. The van der Waals surface area contributed by atoms with Gasteiger partial charge in [0.15, 0.2) is 0 Å². The number of nitrogens with one attached hydrogen (secondary N) is 1. The van der Waals surface area contributed by atoms with Gasteiger partial charge in [-0.05, 0) is 79.4 Å². The van der Waals surface area contributed by atoms with Crippen molar-refractivity contribution < 1.29 is 23.0 Å². The molecule has 5 rings (SSSR count). The molecule has 0 saturated carbocycles. The van der Waals surface area contributed by atoms with Crippen LogP contribution < -0.4 is 10.1 Å². The molecule has 0 spiro atoms. The molecular weight excluding hydrogens is 496 g/mol. The highest BCUT2D eigenvalue weighted by molar-refractivity contribution is 5.54. The van der Waals surface area contributed by atoms with Crippen molar-refractivity contribution in [2.75, 3.05) is 11.9 Å². The summed E-state index contributed by atoms with van der Waals surface area (Å²) < 4.78 is 46.2. The molecule has 0 amide bonds. The molecule has 2 unspecified atom stereocenters. The van der Waals surface area contributed by atoms with Crippen molar-refractivity contribution in [3.63, 3.8) is 0 Å². The average Bonchev–Trinajstić information content (AvgIpc) is 2.93. The van der Waals surface area contributed by atoms with Crippen molar-refractivity contribution in [3.05, 3.63) is 131 Å². The number of rotatable bonds is 10. The molecule has 0 saturated heterocycles. The molecule has 4 aromatic carbocycles. The van der Waals surface area contributed by atoms with Crippen molar-refractivity contribution in [1.82, 2.24) is 0 Å². The second-order valence-electron chi connectivity index (χ2n) is 10.3. The standard InChI is InChI=1S/C33H33F2NO3/c1-33(2)32(38-22-25-10-14-27(35)15-11-25)31(37-19-18-23-6-4-3-5-7-23)29-20-28(16-17-30(29)39-33)36-21-24-8-12-26(34)13-9-24/h3-17,20,31-32,36H,18-19,21-22H2,1-2H3. The van der Waals surface area contributed by atoms with Crippen LogP contribution in [0.2, 0.25) is 0 Å². The summed E-state index contributed by atoms with van der Waals surface area (Å²) in [5, 5.41) is 3.42. The predicted molar refractivity (Wildman–Crippen MR) is 149 cm³/mol. The van der Waals surface area contributed by atoms with Crippen molar-refractivity contribution in [2.45, 2.75) is 51.2 Å². The van der Waals surface area contributed by atoms with Crippen molar-refractivity contribution in [3.8, 4) is 5.75 Å². The van der Waals surface area contributed by atoms with Crippen molar-refractivity contribution in [1.29, 1.82) is 0 Å². The molecule has 2 atom stereocenters. The fourth-order valence-corrected chi connectivity index (χ4v) is 4.83. The summed E-state index contributed by atoms with van der Waals surface area (Å²) in [4.78, 5) is 0. The van der Waals surface area contributed by atoms with Gasteiger partial charge in [0.2, 0.25) is 0 Å². The molecule has 0 bridgehead atoms. The third-order valence-electron chi connectivity index (χ3n) is 6.93. The van der Waals surface area contributed by atoms with Gasteiger partial charge in [0.1, 0.15) is 35.2 Å². The Morgan fingerprint density at radius 1 is 0.769 bits per heavy atom.